The summed E-state index contributed by atoms with van der Waals surface area (Å²) in [6, 6.07) is 0.526. The fraction of sp³-hybridized carbons (Fsp3) is 1.00. The minimum atomic E-state index is -0.992. The van der Waals surface area contributed by atoms with Crippen LogP contribution in [-0.4, -0.2) is 37.1 Å². The minimum Gasteiger partial charge on any atom is -0.395 e. The van der Waals surface area contributed by atoms with Crippen LogP contribution in [0.3, 0.4) is 0 Å². The van der Waals surface area contributed by atoms with Gasteiger partial charge in [-0.25, -0.2) is 8.51 Å². The topological polar surface area (TPSA) is 40.5 Å². The molecule has 0 aromatic heterocycles. The van der Waals surface area contributed by atoms with Crippen LogP contribution >= 0.6 is 0 Å². The number of aliphatic hydroxyl groups is 1. The Labute approximate surface area is 127 Å². The number of aliphatic hydroxyl groups excluding tert-OH is 1. The lowest BCUT2D eigenvalue weighted by Gasteiger charge is -2.49. The van der Waals surface area contributed by atoms with Gasteiger partial charge in [0.1, 0.15) is 11.0 Å². The molecule has 4 heteroatoms. The maximum atomic E-state index is 12.5. The second-order valence-corrected chi connectivity index (χ2v) is 9.15. The van der Waals surface area contributed by atoms with E-state index in [1.165, 1.54) is 38.5 Å². The Morgan fingerprint density at radius 3 is 2.25 bits per heavy atom. The summed E-state index contributed by atoms with van der Waals surface area (Å²) in [6.07, 6.45) is 9.96. The molecule has 0 aliphatic carbocycles. The largest absolute Gasteiger partial charge is 0.395 e. The standard InChI is InChI=1S/C16H33NO2S/c1-5-6-7-8-9-10-11-14-12-15(13-18)17(14)20(19)16(2,3)4/h14-15,18H,5-13H2,1-4H3/t14?,15-,20-/m1/s1. The van der Waals surface area contributed by atoms with E-state index in [0.29, 0.717) is 6.04 Å². The summed E-state index contributed by atoms with van der Waals surface area (Å²) in [5, 5.41) is 9.38. The Kier molecular flexibility index (Phi) is 7.70. The first-order valence-corrected chi connectivity index (χ1v) is 9.33. The molecule has 0 bridgehead atoms. The molecule has 3 nitrogen and oxygen atoms in total. The monoisotopic (exact) mass is 303 g/mol. The first kappa shape index (κ1) is 18.1. The lowest BCUT2D eigenvalue weighted by molar-refractivity contribution is 0.0559. The van der Waals surface area contributed by atoms with Crippen molar-refractivity contribution in [3.8, 4) is 0 Å². The predicted octanol–water partition coefficient (Wildman–Crippen LogP) is 3.63. The van der Waals surface area contributed by atoms with Gasteiger partial charge in [-0.15, -0.1) is 0 Å². The quantitative estimate of drug-likeness (QED) is 0.661. The van der Waals surface area contributed by atoms with Crippen LogP contribution in [0.15, 0.2) is 0 Å². The van der Waals surface area contributed by atoms with Gasteiger partial charge in [-0.3, -0.25) is 0 Å². The fourth-order valence-corrected chi connectivity index (χ4v) is 4.35. The average Bonchev–Trinajstić information content (AvgIpc) is 2.35. The maximum absolute atomic E-state index is 12.5. The molecule has 120 valence electrons. The number of hydrogen-bond acceptors (Lipinski definition) is 2. The van der Waals surface area contributed by atoms with Gasteiger partial charge in [0.05, 0.1) is 11.4 Å². The van der Waals surface area contributed by atoms with Gasteiger partial charge in [0.25, 0.3) is 0 Å². The Balaban J connectivity index is 2.33. The van der Waals surface area contributed by atoms with Gasteiger partial charge in [-0.2, -0.15) is 0 Å². The average molecular weight is 304 g/mol. The summed E-state index contributed by atoms with van der Waals surface area (Å²) < 4.78 is 14.4. The van der Waals surface area contributed by atoms with Crippen molar-refractivity contribution in [3.05, 3.63) is 0 Å². The maximum Gasteiger partial charge on any atom is 0.100 e. The summed E-state index contributed by atoms with van der Waals surface area (Å²) in [5.74, 6) is 0. The summed E-state index contributed by atoms with van der Waals surface area (Å²) in [5.41, 5.74) is 0. The third-order valence-electron chi connectivity index (χ3n) is 4.08. The molecule has 20 heavy (non-hydrogen) atoms. The van der Waals surface area contributed by atoms with Crippen molar-refractivity contribution in [2.24, 2.45) is 0 Å². The molecule has 1 fully saturated rings. The van der Waals surface area contributed by atoms with E-state index in [1.54, 1.807) is 0 Å². The molecule has 0 saturated carbocycles. The van der Waals surface area contributed by atoms with E-state index < -0.39 is 11.0 Å². The summed E-state index contributed by atoms with van der Waals surface area (Å²) in [6.45, 7) is 8.41. The molecule has 1 unspecified atom stereocenters. The Morgan fingerprint density at radius 2 is 1.70 bits per heavy atom. The number of rotatable bonds is 9. The molecule has 0 amide bonds. The van der Waals surface area contributed by atoms with E-state index >= 15 is 0 Å². The SMILES string of the molecule is CCCCCCCCC1C[C@H](CO)N1[S@](=O)C(C)(C)C. The second kappa shape index (κ2) is 8.50. The highest BCUT2D eigenvalue weighted by Gasteiger charge is 2.44. The van der Waals surface area contributed by atoms with Crippen molar-refractivity contribution in [2.75, 3.05) is 6.61 Å². The fourth-order valence-electron chi connectivity index (χ4n) is 2.83. The zero-order valence-electron chi connectivity index (χ0n) is 13.7. The zero-order valence-corrected chi connectivity index (χ0v) is 14.5. The molecule has 0 aromatic rings. The molecule has 0 spiro atoms. The minimum absolute atomic E-state index is 0.111. The molecular formula is C16H33NO2S. The zero-order chi connectivity index (χ0) is 15.2. The van der Waals surface area contributed by atoms with Crippen LogP contribution in [0.1, 0.15) is 79.1 Å². The Morgan fingerprint density at radius 1 is 1.10 bits per heavy atom. The molecule has 1 aliphatic heterocycles. The molecule has 1 N–H and O–H groups in total. The van der Waals surface area contributed by atoms with E-state index in [9.17, 15) is 9.32 Å². The number of unbranched alkanes of at least 4 members (excludes halogenated alkanes) is 5. The molecule has 1 aliphatic rings. The smallest absolute Gasteiger partial charge is 0.100 e. The van der Waals surface area contributed by atoms with Gasteiger partial charge in [-0.1, -0.05) is 45.4 Å². The van der Waals surface area contributed by atoms with E-state index in [4.69, 9.17) is 0 Å². The van der Waals surface area contributed by atoms with Gasteiger partial charge in [0.15, 0.2) is 0 Å². The van der Waals surface area contributed by atoms with Crippen molar-refractivity contribution in [1.29, 1.82) is 0 Å². The molecule has 1 heterocycles. The van der Waals surface area contributed by atoms with E-state index in [2.05, 4.69) is 11.2 Å². The third-order valence-corrected chi connectivity index (χ3v) is 6.11. The van der Waals surface area contributed by atoms with Crippen molar-refractivity contribution >= 4 is 11.0 Å². The van der Waals surface area contributed by atoms with E-state index in [-0.39, 0.29) is 17.4 Å². The van der Waals surface area contributed by atoms with Crippen molar-refractivity contribution in [2.45, 2.75) is 95.9 Å². The molecule has 1 rings (SSSR count). The first-order chi connectivity index (χ1) is 9.41. The number of hydrogen-bond donors (Lipinski definition) is 1. The second-order valence-electron chi connectivity index (χ2n) is 7.00. The van der Waals surface area contributed by atoms with Crippen LogP contribution in [0.5, 0.6) is 0 Å². The van der Waals surface area contributed by atoms with Crippen molar-refractivity contribution in [3.63, 3.8) is 0 Å². The van der Waals surface area contributed by atoms with Gasteiger partial charge in [-0.05, 0) is 33.6 Å². The highest BCUT2D eigenvalue weighted by molar-refractivity contribution is 7.84. The van der Waals surface area contributed by atoms with Gasteiger partial charge in [0.2, 0.25) is 0 Å². The molecule has 1 saturated heterocycles. The van der Waals surface area contributed by atoms with E-state index in [0.717, 1.165) is 12.8 Å². The van der Waals surface area contributed by atoms with Crippen molar-refractivity contribution < 1.29 is 9.32 Å². The van der Waals surface area contributed by atoms with Crippen molar-refractivity contribution in [1.82, 2.24) is 4.31 Å². The Hall–Kier alpha value is 0.0700. The van der Waals surface area contributed by atoms with Crippen LogP contribution < -0.4 is 0 Å². The molecule has 0 radical (unpaired) electrons. The third kappa shape index (κ3) is 5.12. The highest BCUT2D eigenvalue weighted by Crippen LogP contribution is 2.34. The number of nitrogens with zero attached hydrogens (tertiary/aromatic N) is 1. The van der Waals surface area contributed by atoms with Gasteiger partial charge >= 0.3 is 0 Å². The molecular weight excluding hydrogens is 270 g/mol. The van der Waals surface area contributed by atoms with Crippen LogP contribution in [0.4, 0.5) is 0 Å². The highest BCUT2D eigenvalue weighted by atomic mass is 32.2. The molecule has 3 atom stereocenters. The van der Waals surface area contributed by atoms with Crippen LogP contribution in [0, 0.1) is 0 Å². The van der Waals surface area contributed by atoms with Crippen LogP contribution in [-0.2, 0) is 11.0 Å². The first-order valence-electron chi connectivity index (χ1n) is 8.23. The predicted molar refractivity (Wildman–Crippen MR) is 87.0 cm³/mol. The summed E-state index contributed by atoms with van der Waals surface area (Å²) in [7, 11) is -0.992. The lowest BCUT2D eigenvalue weighted by atomic mass is 9.92. The van der Waals surface area contributed by atoms with Crippen LogP contribution in [0.2, 0.25) is 0 Å². The van der Waals surface area contributed by atoms with E-state index in [1.807, 2.05) is 20.8 Å². The summed E-state index contributed by atoms with van der Waals surface area (Å²) in [4.78, 5) is 0. The van der Waals surface area contributed by atoms with Gasteiger partial charge < -0.3 is 5.11 Å². The normalized spacial score (nSPS) is 25.4. The van der Waals surface area contributed by atoms with Crippen LogP contribution in [0.25, 0.3) is 0 Å². The Bertz CT molecular complexity index is 301. The van der Waals surface area contributed by atoms with Gasteiger partial charge in [0, 0.05) is 12.1 Å². The lowest BCUT2D eigenvalue weighted by Crippen LogP contribution is -2.60. The summed E-state index contributed by atoms with van der Waals surface area (Å²) >= 11 is 0. The molecule has 0 aromatic carbocycles.